The van der Waals surface area contributed by atoms with Crippen LogP contribution < -0.4 is 0 Å². The van der Waals surface area contributed by atoms with Gasteiger partial charge in [0.2, 0.25) is 0 Å². The third-order valence-corrected chi connectivity index (χ3v) is 15.2. The van der Waals surface area contributed by atoms with Crippen molar-refractivity contribution >= 4 is 0 Å². The molecule has 0 bridgehead atoms. The molecule has 0 heterocycles. The van der Waals surface area contributed by atoms with Crippen LogP contribution in [-0.2, 0) is 17.0 Å². The van der Waals surface area contributed by atoms with E-state index in [1.807, 2.05) is 0 Å². The van der Waals surface area contributed by atoms with Gasteiger partial charge >= 0.3 is 68.4 Å². The monoisotopic (exact) mass is 380 g/mol. The Bertz CT molecular complexity index is 242. The van der Waals surface area contributed by atoms with Crippen LogP contribution >= 0.6 is 0 Å². The molecule has 0 atom stereocenters. The summed E-state index contributed by atoms with van der Waals surface area (Å²) in [4.78, 5) is 0. The van der Waals surface area contributed by atoms with Crippen LogP contribution in [-0.4, -0.2) is 0 Å². The molecule has 0 saturated carbocycles. The minimum absolute atomic E-state index is 0. The summed E-state index contributed by atoms with van der Waals surface area (Å²) in [6.07, 6.45) is 8.01. The van der Waals surface area contributed by atoms with Crippen molar-refractivity contribution in [3.63, 3.8) is 0 Å². The normalized spacial score (nSPS) is 19.1. The van der Waals surface area contributed by atoms with Crippen LogP contribution in [0.25, 0.3) is 0 Å². The zero-order chi connectivity index (χ0) is 8.81. The van der Waals surface area contributed by atoms with Gasteiger partial charge in [-0.3, -0.25) is 14.1 Å². The Morgan fingerprint density at radius 2 is 1.36 bits per heavy atom. The Morgan fingerprint density at radius 3 is 1.50 bits per heavy atom. The molecular formula is C10H23F3Hf. The van der Waals surface area contributed by atoms with Crippen molar-refractivity contribution < 1.29 is 31.1 Å². The quantitative estimate of drug-likeness (QED) is 0.577. The molecule has 0 aromatic heterocycles. The average molecular weight is 379 g/mol. The molecule has 1 rings (SSSR count). The van der Waals surface area contributed by atoms with Gasteiger partial charge in [-0.2, -0.15) is 0 Å². The topological polar surface area (TPSA) is 0 Å². The zero-order valence-corrected chi connectivity index (χ0v) is 13.3. The van der Waals surface area contributed by atoms with Gasteiger partial charge in [0, 0.05) is 0 Å². The second-order valence-corrected chi connectivity index (χ2v) is 54.8. The minimum atomic E-state index is -2.87. The third kappa shape index (κ3) is 5.13. The number of hydrogen-bond acceptors (Lipinski definition) is 0. The van der Waals surface area contributed by atoms with Crippen LogP contribution in [0.15, 0.2) is 21.6 Å². The van der Waals surface area contributed by atoms with E-state index in [1.54, 1.807) is 3.33 Å². The van der Waals surface area contributed by atoms with E-state index in [9.17, 15) is 0 Å². The van der Waals surface area contributed by atoms with E-state index in [0.29, 0.717) is 0 Å². The van der Waals surface area contributed by atoms with Gasteiger partial charge in [0.05, 0.1) is 0 Å². The van der Waals surface area contributed by atoms with Gasteiger partial charge in [-0.05, 0) is 0 Å². The second kappa shape index (κ2) is 3.95. The third-order valence-electron chi connectivity index (χ3n) is 2.38. The van der Waals surface area contributed by atoms with Gasteiger partial charge < -0.3 is 0 Å². The number of halogens is 3. The summed E-state index contributed by atoms with van der Waals surface area (Å²) in [6.45, 7) is 0. The molecule has 1 aliphatic carbocycles. The maximum absolute atomic E-state index is 2.87. The number of hydrogen-bond donors (Lipinski definition) is 0. The molecule has 0 aromatic rings. The van der Waals surface area contributed by atoms with E-state index in [0.717, 1.165) is 0 Å². The van der Waals surface area contributed by atoms with Crippen molar-refractivity contribution in [2.75, 3.05) is 0 Å². The summed E-state index contributed by atoms with van der Waals surface area (Å²) in [7, 11) is 0. The zero-order valence-electron chi connectivity index (χ0n) is 9.66. The molecule has 0 saturated heterocycles. The second-order valence-electron chi connectivity index (χ2n) is 7.57. The fourth-order valence-electron chi connectivity index (χ4n) is 1.37. The Labute approximate surface area is 82.5 Å². The molecule has 14 heavy (non-hydrogen) atoms. The van der Waals surface area contributed by atoms with Crippen LogP contribution in [0.2, 0.25) is 23.4 Å². The summed E-state index contributed by atoms with van der Waals surface area (Å²) in [5.74, 6) is 0. The van der Waals surface area contributed by atoms with Crippen LogP contribution in [0.5, 0.6) is 0 Å². The van der Waals surface area contributed by atoms with E-state index in [-0.39, 0.29) is 14.1 Å². The fourth-order valence-corrected chi connectivity index (χ4v) is 8.80. The molecule has 0 aromatic carbocycles. The van der Waals surface area contributed by atoms with Gasteiger partial charge in [-0.25, -0.2) is 0 Å². The van der Waals surface area contributed by atoms with Crippen molar-refractivity contribution in [1.82, 2.24) is 0 Å². The van der Waals surface area contributed by atoms with E-state index in [4.69, 9.17) is 0 Å². The SMILES string of the molecule is F.F.F.[CH3][Hf]([CH3])([CH3])([CH3])([CH3])[C]1=CC=CC1. The maximum atomic E-state index is 2.51. The van der Waals surface area contributed by atoms with Crippen molar-refractivity contribution in [2.24, 2.45) is 0 Å². The Balaban J connectivity index is -0.000000403. The van der Waals surface area contributed by atoms with E-state index in [2.05, 4.69) is 41.6 Å². The fraction of sp³-hybridized carbons (Fsp3) is 0.600. The molecule has 0 nitrogen and oxygen atoms in total. The van der Waals surface area contributed by atoms with Crippen molar-refractivity contribution in [2.45, 2.75) is 29.8 Å². The summed E-state index contributed by atoms with van der Waals surface area (Å²) < 4.78 is 14.3. The van der Waals surface area contributed by atoms with Gasteiger partial charge in [0.1, 0.15) is 0 Å². The molecule has 0 spiro atoms. The van der Waals surface area contributed by atoms with Gasteiger partial charge in [-0.15, -0.1) is 0 Å². The summed E-state index contributed by atoms with van der Waals surface area (Å²) >= 11 is -2.87. The first-order chi connectivity index (χ1) is 4.59. The first-order valence-electron chi connectivity index (χ1n) is 4.47. The predicted octanol–water partition coefficient (Wildman–Crippen LogP) is 4.75. The Hall–Kier alpha value is 0.140. The first-order valence-corrected chi connectivity index (χ1v) is 24.2. The number of allylic oxidation sites excluding steroid dienone is 4. The number of rotatable bonds is 1. The molecule has 0 aliphatic heterocycles. The molecule has 88 valence electrons. The molecular weight excluding hydrogens is 356 g/mol. The molecule has 0 N–H and O–H groups in total. The standard InChI is InChI=1S/C5H5.5CH3.3FH.Hf/c1-2-4-5-3-1;;;;;;;;;/h1-3H,4H2;5*1H3;3*1H;. The molecule has 4 heteroatoms. The Morgan fingerprint density at radius 1 is 0.929 bits per heavy atom. The summed E-state index contributed by atoms with van der Waals surface area (Å²) in [6, 6.07) is 0. The van der Waals surface area contributed by atoms with Crippen molar-refractivity contribution in [1.29, 1.82) is 0 Å². The van der Waals surface area contributed by atoms with Crippen molar-refractivity contribution in [3.8, 4) is 0 Å². The first kappa shape index (κ1) is 19.7. The molecule has 0 amide bonds. The summed E-state index contributed by atoms with van der Waals surface area (Å²) in [5, 5.41) is 0. The van der Waals surface area contributed by atoms with E-state index in [1.165, 1.54) is 6.42 Å². The van der Waals surface area contributed by atoms with Gasteiger partial charge in [-0.1, -0.05) is 0 Å². The van der Waals surface area contributed by atoms with Crippen LogP contribution in [0, 0.1) is 0 Å². The molecule has 1 aliphatic rings. The van der Waals surface area contributed by atoms with E-state index < -0.39 is 17.0 Å². The van der Waals surface area contributed by atoms with E-state index >= 15 is 0 Å². The van der Waals surface area contributed by atoms with Gasteiger partial charge in [0.25, 0.3) is 0 Å². The van der Waals surface area contributed by atoms with Crippen LogP contribution in [0.3, 0.4) is 0 Å². The summed E-state index contributed by atoms with van der Waals surface area (Å²) in [5.41, 5.74) is 0. The molecule has 0 radical (unpaired) electrons. The van der Waals surface area contributed by atoms with Crippen molar-refractivity contribution in [3.05, 3.63) is 21.6 Å². The van der Waals surface area contributed by atoms with Crippen LogP contribution in [0.4, 0.5) is 14.1 Å². The molecule has 0 fully saturated rings. The van der Waals surface area contributed by atoms with Gasteiger partial charge in [0.15, 0.2) is 0 Å². The average Bonchev–Trinajstić information content (AvgIpc) is 2.01. The predicted molar refractivity (Wildman–Crippen MR) is 58.7 cm³/mol. The Kier molecular flexibility index (Phi) is 5.55. The van der Waals surface area contributed by atoms with Crippen LogP contribution in [0.1, 0.15) is 6.42 Å². The molecule has 0 unspecified atom stereocenters.